The monoisotopic (exact) mass is 923 g/mol. The molecule has 4 aromatic rings. The van der Waals surface area contributed by atoms with Crippen LogP contribution in [0, 0.1) is 0 Å². The number of anilines is 1. The molecule has 1 aliphatic carbocycles. The molecule has 1 amide bonds. The number of carbonyl (C=O) groups is 2. The van der Waals surface area contributed by atoms with Gasteiger partial charge in [0.1, 0.15) is 41.3 Å². The Kier molecular flexibility index (Phi) is 12.9. The molecular formula is C37H32Cl4N6O12P-. The minimum atomic E-state index is -4.75. The number of rotatable bonds is 15. The van der Waals surface area contributed by atoms with Gasteiger partial charge >= 0.3 is 5.97 Å². The largest absolute Gasteiger partial charge is 0.756 e. The Balaban J connectivity index is 0.939. The average molecular weight is 925 g/mol. The average Bonchev–Trinajstić information content (AvgIpc) is 3.80. The molecule has 18 nitrogen and oxygen atoms in total. The Morgan fingerprint density at radius 3 is 2.53 bits per heavy atom. The van der Waals surface area contributed by atoms with Crippen LogP contribution in [0.3, 0.4) is 0 Å². The number of aromatic hydroxyl groups is 1. The lowest BCUT2D eigenvalue weighted by Gasteiger charge is -2.25. The number of benzene rings is 3. The molecule has 316 valence electrons. The summed E-state index contributed by atoms with van der Waals surface area (Å²) < 4.78 is 35.6. The van der Waals surface area contributed by atoms with Crippen molar-refractivity contribution in [2.75, 3.05) is 25.5 Å². The molecule has 4 atom stereocenters. The molecule has 4 heterocycles. The summed E-state index contributed by atoms with van der Waals surface area (Å²) in [6, 6.07) is 5.96. The minimum Gasteiger partial charge on any atom is -0.756 e. The second-order valence-corrected chi connectivity index (χ2v) is 16.6. The van der Waals surface area contributed by atoms with Gasteiger partial charge in [-0.25, -0.2) is 19.7 Å². The first-order valence-corrected chi connectivity index (χ1v) is 21.0. The van der Waals surface area contributed by atoms with E-state index in [1.807, 2.05) is 0 Å². The zero-order valence-electron chi connectivity index (χ0n) is 30.8. The first kappa shape index (κ1) is 43.5. The molecule has 1 fully saturated rings. The van der Waals surface area contributed by atoms with Crippen LogP contribution in [0.5, 0.6) is 5.75 Å². The fourth-order valence-electron chi connectivity index (χ4n) is 6.78. The van der Waals surface area contributed by atoms with Gasteiger partial charge in [-0.3, -0.25) is 18.7 Å². The summed E-state index contributed by atoms with van der Waals surface area (Å²) in [5.74, 6) is -2.37. The third-order valence-electron chi connectivity index (χ3n) is 9.67. The highest BCUT2D eigenvalue weighted by Gasteiger charge is 2.37. The predicted molar refractivity (Wildman–Crippen MR) is 218 cm³/mol. The number of carbonyl (C=O) groups excluding carboxylic acids is 1. The van der Waals surface area contributed by atoms with Crippen molar-refractivity contribution >= 4 is 94.1 Å². The van der Waals surface area contributed by atoms with E-state index in [0.717, 1.165) is 12.1 Å². The molecule has 7 rings (SSSR count). The van der Waals surface area contributed by atoms with Crippen molar-refractivity contribution in [3.05, 3.63) is 84.4 Å². The van der Waals surface area contributed by atoms with Gasteiger partial charge in [0.15, 0.2) is 11.5 Å². The van der Waals surface area contributed by atoms with E-state index in [9.17, 15) is 39.2 Å². The number of nitrogen functional groups attached to an aromatic ring is 1. The number of nitrogens with zero attached hydrogens (tertiary/aromatic N) is 4. The Bertz CT molecular complexity index is 2730. The van der Waals surface area contributed by atoms with Crippen LogP contribution in [0.4, 0.5) is 5.82 Å². The number of aliphatic hydroxyl groups excluding tert-OH is 1. The number of phenols is 1. The second-order valence-electron chi connectivity index (χ2n) is 13.6. The van der Waals surface area contributed by atoms with Crippen LogP contribution in [0.1, 0.15) is 59.0 Å². The number of aromatic nitrogens is 4. The van der Waals surface area contributed by atoms with Gasteiger partial charge in [0, 0.05) is 47.2 Å². The Labute approximate surface area is 358 Å². The summed E-state index contributed by atoms with van der Waals surface area (Å²) in [6.45, 7) is -0.512. The van der Waals surface area contributed by atoms with Crippen molar-refractivity contribution in [3.63, 3.8) is 0 Å². The number of carboxylic acids is 1. The molecule has 1 saturated heterocycles. The normalized spacial score (nSPS) is 17.7. The predicted octanol–water partition coefficient (Wildman–Crippen LogP) is 6.44. The number of amides is 1. The number of hydrogen-bond donors (Lipinski definition) is 5. The minimum absolute atomic E-state index is 0.00607. The summed E-state index contributed by atoms with van der Waals surface area (Å²) in [5, 5.41) is 33.0. The number of fused-ring (bicyclic) bond motifs is 3. The van der Waals surface area contributed by atoms with Crippen molar-refractivity contribution in [2.24, 2.45) is 0 Å². The molecular weight excluding hydrogens is 893 g/mol. The number of hydrogen-bond acceptors (Lipinski definition) is 15. The third kappa shape index (κ3) is 8.90. The molecule has 1 unspecified atom stereocenters. The molecule has 2 aromatic heterocycles. The molecule has 0 radical (unpaired) electrons. The number of imidazole rings is 1. The van der Waals surface area contributed by atoms with E-state index < -0.39 is 55.7 Å². The van der Waals surface area contributed by atoms with Crippen LogP contribution in [0.25, 0.3) is 44.6 Å². The number of nitrogens with two attached hydrogens (primary N) is 1. The highest BCUT2D eigenvalue weighted by atomic mass is 35.5. The molecule has 2 aromatic carbocycles. The van der Waals surface area contributed by atoms with E-state index in [-0.39, 0.29) is 90.2 Å². The molecule has 23 heteroatoms. The summed E-state index contributed by atoms with van der Waals surface area (Å²) in [5.41, 5.74) is 5.40. The second kappa shape index (κ2) is 17.8. The van der Waals surface area contributed by atoms with Crippen LogP contribution in [-0.2, 0) is 18.3 Å². The number of carboxylic acid groups (broad SMARTS) is 1. The van der Waals surface area contributed by atoms with Crippen molar-refractivity contribution in [1.29, 1.82) is 0 Å². The maximum atomic E-state index is 13.5. The Hall–Kier alpha value is -4.59. The molecule has 60 heavy (non-hydrogen) atoms. The number of phosphoric acid groups is 1. The summed E-state index contributed by atoms with van der Waals surface area (Å²) in [4.78, 5) is 63.2. The highest BCUT2D eigenvalue weighted by molar-refractivity contribution is 7.45. The van der Waals surface area contributed by atoms with Crippen LogP contribution < -0.4 is 21.4 Å². The quantitative estimate of drug-likeness (QED) is 0.0421. The van der Waals surface area contributed by atoms with Crippen LogP contribution in [-0.4, -0.2) is 78.7 Å². The maximum absolute atomic E-state index is 13.5. The van der Waals surface area contributed by atoms with Gasteiger partial charge in [-0.15, -0.1) is 0 Å². The Morgan fingerprint density at radius 1 is 1.00 bits per heavy atom. The van der Waals surface area contributed by atoms with E-state index in [1.54, 1.807) is 4.57 Å². The van der Waals surface area contributed by atoms with Gasteiger partial charge in [0.05, 0.1) is 56.9 Å². The van der Waals surface area contributed by atoms with E-state index in [1.165, 1.54) is 30.9 Å². The van der Waals surface area contributed by atoms with Gasteiger partial charge in [0.2, 0.25) is 5.43 Å². The SMILES string of the molecule is Nc1ncnc2c1ncn2[C@H]1C[C@@H](O)[C@@H](COP(=O)([O-])OCCCCCCNC(=O)c2cc(Cl)c(C(=O)O)c(-c3c4cc(Cl)c(=O)cc-4oc4cc(O)c(Cl)cc34)c2Cl)O1. The molecule has 0 saturated carbocycles. The molecule has 0 spiro atoms. The van der Waals surface area contributed by atoms with Gasteiger partial charge in [-0.1, -0.05) is 59.2 Å². The first-order chi connectivity index (χ1) is 28.5. The van der Waals surface area contributed by atoms with Crippen LogP contribution >= 0.6 is 54.2 Å². The summed E-state index contributed by atoms with van der Waals surface area (Å²) >= 11 is 25.8. The zero-order chi connectivity index (χ0) is 43.0. The molecule has 2 aliphatic heterocycles. The number of ether oxygens (including phenoxy) is 1. The highest BCUT2D eigenvalue weighted by Crippen LogP contribution is 2.49. The number of phosphoric ester groups is 1. The van der Waals surface area contributed by atoms with Crippen LogP contribution in [0.2, 0.25) is 20.1 Å². The van der Waals surface area contributed by atoms with Gasteiger partial charge in [-0.2, -0.15) is 0 Å². The lowest BCUT2D eigenvalue weighted by Crippen LogP contribution is -2.27. The van der Waals surface area contributed by atoms with Crippen molar-refractivity contribution < 1.29 is 52.6 Å². The molecule has 3 aliphatic rings. The Morgan fingerprint density at radius 2 is 1.77 bits per heavy atom. The molecule has 0 bridgehead atoms. The number of aromatic carboxylic acids is 1. The van der Waals surface area contributed by atoms with E-state index in [0.29, 0.717) is 36.8 Å². The van der Waals surface area contributed by atoms with Crippen molar-refractivity contribution in [1.82, 2.24) is 24.8 Å². The maximum Gasteiger partial charge on any atom is 0.337 e. The number of nitrogens with one attached hydrogen (secondary N) is 1. The first-order valence-electron chi connectivity index (χ1n) is 18.0. The third-order valence-corrected chi connectivity index (χ3v) is 11.9. The van der Waals surface area contributed by atoms with E-state index in [2.05, 4.69) is 20.3 Å². The number of phenolic OH excluding ortho intramolecular Hbond substituents is 1. The number of halogens is 4. The smallest absolute Gasteiger partial charge is 0.337 e. The van der Waals surface area contributed by atoms with Gasteiger partial charge in [-0.05, 0) is 31.0 Å². The standard InChI is InChI=1S/C37H33Cl4N6O12P/c38-19-7-16-25(10-22(19)48)58-26-11-23(49)20(39)8-17(26)29(16)31-30(37(52)53)21(40)9-18(32(31)41)36(51)43-5-3-1-2-4-6-56-60(54,55)57-13-27-24(50)12-28(59-27)47-15-46-33-34(42)44-14-45-35(33)47/h7-11,14-15,24,27-28,48,50H,1-6,12-13H2,(H,43,51)(H,52,53)(H,54,55)(H2,42,44,45)/p-1/t24-,27-,28-/m1/s1. The van der Waals surface area contributed by atoms with Crippen molar-refractivity contribution in [2.45, 2.75) is 50.5 Å². The molecule has 6 N–H and O–H groups in total. The number of unbranched alkanes of at least 4 members (excludes halogenated alkanes) is 3. The zero-order valence-corrected chi connectivity index (χ0v) is 34.7. The lowest BCUT2D eigenvalue weighted by molar-refractivity contribution is -0.228. The number of aliphatic hydroxyl groups is 1. The summed E-state index contributed by atoms with van der Waals surface area (Å²) in [7, 11) is -4.75. The fraction of sp³-hybridized carbons (Fsp3) is 0.297. The van der Waals surface area contributed by atoms with Gasteiger partial charge in [0.25, 0.3) is 13.7 Å². The lowest BCUT2D eigenvalue weighted by atomic mass is 9.89. The van der Waals surface area contributed by atoms with Crippen molar-refractivity contribution in [3.8, 4) is 28.2 Å². The van der Waals surface area contributed by atoms with E-state index >= 15 is 0 Å². The van der Waals surface area contributed by atoms with E-state index in [4.69, 9.17) is 70.3 Å². The van der Waals surface area contributed by atoms with Gasteiger partial charge < -0.3 is 49.5 Å². The van der Waals surface area contributed by atoms with Crippen LogP contribution in [0.15, 0.2) is 52.2 Å². The summed E-state index contributed by atoms with van der Waals surface area (Å²) in [6.07, 6.45) is 1.97. The topological polar surface area (TPSA) is 275 Å². The fourth-order valence-corrected chi connectivity index (χ4v) is 8.48.